The number of halogens is 3. The third-order valence-electron chi connectivity index (χ3n) is 3.46. The predicted octanol–water partition coefficient (Wildman–Crippen LogP) is 5.07. The maximum atomic E-state index is 12.2. The maximum Gasteiger partial charge on any atom is 0.573 e. The van der Waals surface area contributed by atoms with Crippen LogP contribution >= 0.6 is 0 Å². The fourth-order valence-corrected chi connectivity index (χ4v) is 2.31. The SMILES string of the molecule is C=CNc1cc(C(=O)OC)ccc1C(C)=Nc1ccc(OC(F)(F)F)cc1. The van der Waals surface area contributed by atoms with Crippen LogP contribution in [-0.2, 0) is 4.74 Å². The monoisotopic (exact) mass is 378 g/mol. The van der Waals surface area contributed by atoms with Gasteiger partial charge in [0.2, 0.25) is 0 Å². The van der Waals surface area contributed by atoms with Crippen molar-refractivity contribution in [1.29, 1.82) is 0 Å². The predicted molar refractivity (Wildman–Crippen MR) is 96.6 cm³/mol. The third kappa shape index (κ3) is 5.60. The minimum Gasteiger partial charge on any atom is -0.465 e. The van der Waals surface area contributed by atoms with Crippen LogP contribution in [0.25, 0.3) is 0 Å². The Morgan fingerprint density at radius 1 is 1.19 bits per heavy atom. The average molecular weight is 378 g/mol. The minimum atomic E-state index is -4.74. The molecule has 0 aliphatic heterocycles. The lowest BCUT2D eigenvalue weighted by Gasteiger charge is -2.11. The van der Waals surface area contributed by atoms with Crippen LogP contribution in [0.2, 0.25) is 0 Å². The van der Waals surface area contributed by atoms with E-state index in [4.69, 9.17) is 4.74 Å². The largest absolute Gasteiger partial charge is 0.573 e. The molecule has 0 aromatic heterocycles. The van der Waals surface area contributed by atoms with Gasteiger partial charge in [-0.3, -0.25) is 4.99 Å². The first-order valence-electron chi connectivity index (χ1n) is 7.75. The van der Waals surface area contributed by atoms with Gasteiger partial charge >= 0.3 is 12.3 Å². The van der Waals surface area contributed by atoms with Crippen molar-refractivity contribution in [2.75, 3.05) is 12.4 Å². The Morgan fingerprint density at radius 3 is 2.41 bits per heavy atom. The summed E-state index contributed by atoms with van der Waals surface area (Å²) in [6, 6.07) is 10.1. The molecule has 0 saturated carbocycles. The Labute approximate surface area is 154 Å². The van der Waals surface area contributed by atoms with Gasteiger partial charge in [-0.05, 0) is 49.5 Å². The van der Waals surface area contributed by atoms with E-state index in [0.29, 0.717) is 28.2 Å². The molecule has 0 aliphatic carbocycles. The second kappa shape index (κ2) is 8.39. The van der Waals surface area contributed by atoms with Crippen LogP contribution in [0.5, 0.6) is 5.75 Å². The quantitative estimate of drug-likeness (QED) is 0.563. The number of hydrogen-bond acceptors (Lipinski definition) is 5. The van der Waals surface area contributed by atoms with Gasteiger partial charge in [0.1, 0.15) is 5.75 Å². The van der Waals surface area contributed by atoms with Crippen molar-refractivity contribution in [3.05, 3.63) is 66.4 Å². The molecule has 0 amide bonds. The van der Waals surface area contributed by atoms with Crippen molar-refractivity contribution >= 4 is 23.1 Å². The number of aliphatic imine (C=N–C) groups is 1. The summed E-state index contributed by atoms with van der Waals surface area (Å²) in [5.74, 6) is -0.806. The van der Waals surface area contributed by atoms with Gasteiger partial charge < -0.3 is 14.8 Å². The topological polar surface area (TPSA) is 59.9 Å². The van der Waals surface area contributed by atoms with Crippen LogP contribution in [0.1, 0.15) is 22.8 Å². The summed E-state index contributed by atoms with van der Waals surface area (Å²) < 4.78 is 45.1. The average Bonchev–Trinajstić information content (AvgIpc) is 2.61. The van der Waals surface area contributed by atoms with E-state index in [9.17, 15) is 18.0 Å². The molecule has 0 unspecified atom stereocenters. The molecule has 0 radical (unpaired) electrons. The van der Waals surface area contributed by atoms with E-state index in [-0.39, 0.29) is 5.75 Å². The number of nitrogens with one attached hydrogen (secondary N) is 1. The van der Waals surface area contributed by atoms with Crippen LogP contribution in [0, 0.1) is 0 Å². The number of methoxy groups -OCH3 is 1. The standard InChI is InChI=1S/C19H17F3N2O3/c1-4-23-17-11-13(18(25)26-3)5-10-16(17)12(2)24-14-6-8-15(9-7-14)27-19(20,21)22/h4-11,23H,1H2,2-3H3. The fourth-order valence-electron chi connectivity index (χ4n) is 2.31. The molecule has 0 atom stereocenters. The van der Waals surface area contributed by atoms with Gasteiger partial charge in [-0.1, -0.05) is 12.6 Å². The van der Waals surface area contributed by atoms with Gasteiger partial charge in [-0.15, -0.1) is 13.2 Å². The highest BCUT2D eigenvalue weighted by Crippen LogP contribution is 2.26. The number of esters is 1. The Balaban J connectivity index is 2.31. The zero-order valence-electron chi connectivity index (χ0n) is 14.6. The van der Waals surface area contributed by atoms with Crippen LogP contribution in [0.3, 0.4) is 0 Å². The third-order valence-corrected chi connectivity index (χ3v) is 3.46. The van der Waals surface area contributed by atoms with Crippen molar-refractivity contribution < 1.29 is 27.4 Å². The normalized spacial score (nSPS) is 11.7. The van der Waals surface area contributed by atoms with Gasteiger partial charge in [-0.2, -0.15) is 0 Å². The Kier molecular flexibility index (Phi) is 6.23. The van der Waals surface area contributed by atoms with E-state index in [1.807, 2.05) is 0 Å². The highest BCUT2D eigenvalue weighted by molar-refractivity contribution is 6.06. The highest BCUT2D eigenvalue weighted by Gasteiger charge is 2.30. The first kappa shape index (κ1) is 20.0. The summed E-state index contributed by atoms with van der Waals surface area (Å²) in [5.41, 5.74) is 2.67. The van der Waals surface area contributed by atoms with E-state index >= 15 is 0 Å². The van der Waals surface area contributed by atoms with E-state index in [1.54, 1.807) is 25.1 Å². The summed E-state index contributed by atoms with van der Waals surface area (Å²) in [6.07, 6.45) is -3.29. The summed E-state index contributed by atoms with van der Waals surface area (Å²) in [4.78, 5) is 16.1. The summed E-state index contributed by atoms with van der Waals surface area (Å²) in [7, 11) is 1.29. The molecular weight excluding hydrogens is 361 g/mol. The van der Waals surface area contributed by atoms with Crippen molar-refractivity contribution in [1.82, 2.24) is 0 Å². The number of ether oxygens (including phenoxy) is 2. The number of alkyl halides is 3. The van der Waals surface area contributed by atoms with Crippen LogP contribution in [0.4, 0.5) is 24.5 Å². The number of carbonyl (C=O) groups is 1. The Hall–Kier alpha value is -3.29. The van der Waals surface area contributed by atoms with Crippen molar-refractivity contribution in [3.8, 4) is 5.75 Å². The van der Waals surface area contributed by atoms with Gasteiger partial charge in [-0.25, -0.2) is 4.79 Å². The molecule has 0 fully saturated rings. The molecule has 27 heavy (non-hydrogen) atoms. The highest BCUT2D eigenvalue weighted by atomic mass is 19.4. The minimum absolute atomic E-state index is 0.324. The van der Waals surface area contributed by atoms with E-state index in [0.717, 1.165) is 0 Å². The van der Waals surface area contributed by atoms with E-state index in [2.05, 4.69) is 21.6 Å². The fraction of sp³-hybridized carbons (Fsp3) is 0.158. The van der Waals surface area contributed by atoms with Gasteiger partial charge in [0, 0.05) is 17.0 Å². The molecule has 0 heterocycles. The van der Waals surface area contributed by atoms with Crippen LogP contribution < -0.4 is 10.1 Å². The smallest absolute Gasteiger partial charge is 0.465 e. The molecular formula is C19H17F3N2O3. The summed E-state index contributed by atoms with van der Waals surface area (Å²) in [6.45, 7) is 5.34. The van der Waals surface area contributed by atoms with Crippen molar-refractivity contribution in [2.45, 2.75) is 13.3 Å². The van der Waals surface area contributed by atoms with E-state index in [1.165, 1.54) is 37.6 Å². The maximum absolute atomic E-state index is 12.2. The molecule has 2 aromatic rings. The number of hydrogen-bond donors (Lipinski definition) is 1. The van der Waals surface area contributed by atoms with Gasteiger partial charge in [0.05, 0.1) is 18.4 Å². The number of anilines is 1. The Bertz CT molecular complexity index is 859. The molecule has 2 aromatic carbocycles. The number of nitrogens with zero attached hydrogens (tertiary/aromatic N) is 1. The number of carbonyl (C=O) groups excluding carboxylic acids is 1. The second-order valence-electron chi connectivity index (χ2n) is 5.34. The first-order valence-corrected chi connectivity index (χ1v) is 7.75. The lowest BCUT2D eigenvalue weighted by atomic mass is 10.0. The van der Waals surface area contributed by atoms with E-state index < -0.39 is 12.3 Å². The molecule has 0 bridgehead atoms. The molecule has 0 aliphatic rings. The number of rotatable bonds is 6. The molecule has 2 rings (SSSR count). The molecule has 142 valence electrons. The van der Waals surface area contributed by atoms with Crippen LogP contribution in [0.15, 0.2) is 60.2 Å². The van der Waals surface area contributed by atoms with Gasteiger partial charge in [0.25, 0.3) is 0 Å². The molecule has 1 N–H and O–H groups in total. The first-order chi connectivity index (χ1) is 12.7. The van der Waals surface area contributed by atoms with Crippen LogP contribution in [-0.4, -0.2) is 25.2 Å². The lowest BCUT2D eigenvalue weighted by Crippen LogP contribution is -2.16. The van der Waals surface area contributed by atoms with Crippen molar-refractivity contribution in [3.63, 3.8) is 0 Å². The van der Waals surface area contributed by atoms with Crippen molar-refractivity contribution in [2.24, 2.45) is 4.99 Å². The lowest BCUT2D eigenvalue weighted by molar-refractivity contribution is -0.274. The summed E-state index contributed by atoms with van der Waals surface area (Å²) >= 11 is 0. The van der Waals surface area contributed by atoms with Gasteiger partial charge in [0.15, 0.2) is 0 Å². The summed E-state index contributed by atoms with van der Waals surface area (Å²) in [5, 5.41) is 2.93. The Morgan fingerprint density at radius 2 is 1.85 bits per heavy atom. The molecule has 8 heteroatoms. The second-order valence-corrected chi connectivity index (χ2v) is 5.34. The zero-order chi connectivity index (χ0) is 20.0. The number of benzene rings is 2. The molecule has 0 saturated heterocycles. The molecule has 0 spiro atoms. The zero-order valence-corrected chi connectivity index (χ0v) is 14.6. The molecule has 5 nitrogen and oxygen atoms in total.